The summed E-state index contributed by atoms with van der Waals surface area (Å²) in [7, 11) is -3.46. The second-order valence-corrected chi connectivity index (χ2v) is 8.09. The van der Waals surface area contributed by atoms with Crippen molar-refractivity contribution in [2.24, 2.45) is 0 Å². The Labute approximate surface area is 156 Å². The molecule has 0 spiro atoms. The molecular formula is C18H19N3O5S. The van der Waals surface area contributed by atoms with Gasteiger partial charge in [0.15, 0.2) is 0 Å². The Morgan fingerprint density at radius 1 is 1.04 bits per heavy atom. The van der Waals surface area contributed by atoms with Crippen LogP contribution in [0.1, 0.15) is 39.4 Å². The topological polar surface area (TPSA) is 117 Å². The SMILES string of the molecule is O=C(O)c1cccc(C(=O)NCc2ccc(S(=O)(=O)N3CCCC3)cc2)n1. The Bertz CT molecular complexity index is 951. The molecule has 0 aliphatic carbocycles. The summed E-state index contributed by atoms with van der Waals surface area (Å²) in [5.74, 6) is -1.72. The van der Waals surface area contributed by atoms with E-state index in [2.05, 4.69) is 10.3 Å². The van der Waals surface area contributed by atoms with Crippen LogP contribution in [0.5, 0.6) is 0 Å². The fourth-order valence-corrected chi connectivity index (χ4v) is 4.33. The number of carboxylic acid groups (broad SMARTS) is 1. The third-order valence-corrected chi connectivity index (χ3v) is 6.19. The standard InChI is InChI=1S/C18H19N3O5S/c22-17(15-4-3-5-16(20-15)18(23)24)19-12-13-6-8-14(9-7-13)27(25,26)21-10-1-2-11-21/h3-9H,1-2,10-12H2,(H,19,22)(H,23,24). The number of hydrogen-bond donors (Lipinski definition) is 2. The number of nitrogens with one attached hydrogen (secondary N) is 1. The Morgan fingerprint density at radius 2 is 1.67 bits per heavy atom. The van der Waals surface area contributed by atoms with E-state index in [1.165, 1.54) is 34.6 Å². The van der Waals surface area contributed by atoms with Crippen LogP contribution >= 0.6 is 0 Å². The molecule has 1 aliphatic rings. The Hall–Kier alpha value is -2.78. The van der Waals surface area contributed by atoms with Gasteiger partial charge in [0, 0.05) is 19.6 Å². The van der Waals surface area contributed by atoms with Gasteiger partial charge in [-0.25, -0.2) is 18.2 Å². The van der Waals surface area contributed by atoms with Gasteiger partial charge in [0.05, 0.1) is 4.90 Å². The van der Waals surface area contributed by atoms with Gasteiger partial charge in [-0.05, 0) is 42.7 Å². The fourth-order valence-electron chi connectivity index (χ4n) is 2.81. The van der Waals surface area contributed by atoms with Crippen LogP contribution in [0.3, 0.4) is 0 Å². The number of benzene rings is 1. The summed E-state index contributed by atoms with van der Waals surface area (Å²) in [5.41, 5.74) is 0.514. The van der Waals surface area contributed by atoms with Crippen molar-refractivity contribution in [3.05, 3.63) is 59.4 Å². The van der Waals surface area contributed by atoms with Crippen LogP contribution in [0.25, 0.3) is 0 Å². The van der Waals surface area contributed by atoms with Crippen molar-refractivity contribution in [2.45, 2.75) is 24.3 Å². The van der Waals surface area contributed by atoms with Gasteiger partial charge in [-0.1, -0.05) is 18.2 Å². The first-order valence-electron chi connectivity index (χ1n) is 8.45. The number of aromatic nitrogens is 1. The van der Waals surface area contributed by atoms with E-state index in [1.54, 1.807) is 12.1 Å². The monoisotopic (exact) mass is 389 g/mol. The molecule has 0 unspecified atom stereocenters. The lowest BCUT2D eigenvalue weighted by Crippen LogP contribution is -2.28. The van der Waals surface area contributed by atoms with Crippen LogP contribution in [0.2, 0.25) is 0 Å². The number of carboxylic acids is 1. The maximum absolute atomic E-state index is 12.5. The maximum Gasteiger partial charge on any atom is 0.354 e. The first-order chi connectivity index (χ1) is 12.9. The van der Waals surface area contributed by atoms with Crippen LogP contribution in [-0.2, 0) is 16.6 Å². The highest BCUT2D eigenvalue weighted by molar-refractivity contribution is 7.89. The minimum atomic E-state index is -3.46. The molecule has 0 radical (unpaired) electrons. The number of sulfonamides is 1. The summed E-state index contributed by atoms with van der Waals surface area (Å²) in [6.07, 6.45) is 1.75. The number of nitrogens with zero attached hydrogens (tertiary/aromatic N) is 2. The van der Waals surface area contributed by atoms with Crippen LogP contribution in [0, 0.1) is 0 Å². The van der Waals surface area contributed by atoms with E-state index >= 15 is 0 Å². The summed E-state index contributed by atoms with van der Waals surface area (Å²) in [4.78, 5) is 27.1. The highest BCUT2D eigenvalue weighted by Gasteiger charge is 2.26. The molecule has 9 heteroatoms. The number of aromatic carboxylic acids is 1. The second-order valence-electron chi connectivity index (χ2n) is 6.15. The average molecular weight is 389 g/mol. The summed E-state index contributed by atoms with van der Waals surface area (Å²) in [6.45, 7) is 1.26. The molecule has 2 aromatic rings. The highest BCUT2D eigenvalue weighted by Crippen LogP contribution is 2.21. The minimum Gasteiger partial charge on any atom is -0.477 e. The van der Waals surface area contributed by atoms with Gasteiger partial charge in [0.25, 0.3) is 5.91 Å². The van der Waals surface area contributed by atoms with Crippen molar-refractivity contribution in [2.75, 3.05) is 13.1 Å². The second kappa shape index (κ2) is 7.85. The fraction of sp³-hybridized carbons (Fsp3) is 0.278. The largest absolute Gasteiger partial charge is 0.477 e. The van der Waals surface area contributed by atoms with Crippen molar-refractivity contribution < 1.29 is 23.1 Å². The molecule has 1 saturated heterocycles. The molecule has 1 aromatic carbocycles. The normalized spacial score (nSPS) is 14.8. The maximum atomic E-state index is 12.5. The van der Waals surface area contributed by atoms with E-state index in [9.17, 15) is 18.0 Å². The molecule has 0 atom stereocenters. The van der Waals surface area contributed by atoms with E-state index in [1.807, 2.05) is 0 Å². The van der Waals surface area contributed by atoms with Gasteiger partial charge >= 0.3 is 5.97 Å². The summed E-state index contributed by atoms with van der Waals surface area (Å²) in [6, 6.07) is 10.5. The summed E-state index contributed by atoms with van der Waals surface area (Å²) < 4.78 is 26.4. The number of hydrogen-bond acceptors (Lipinski definition) is 5. The smallest absolute Gasteiger partial charge is 0.354 e. The minimum absolute atomic E-state index is 0.00290. The number of amides is 1. The zero-order chi connectivity index (χ0) is 19.4. The molecule has 2 N–H and O–H groups in total. The molecule has 1 aromatic heterocycles. The van der Waals surface area contributed by atoms with Crippen LogP contribution in [0.4, 0.5) is 0 Å². The Balaban J connectivity index is 1.64. The van der Waals surface area contributed by atoms with Crippen LogP contribution in [-0.4, -0.2) is 47.8 Å². The lowest BCUT2D eigenvalue weighted by atomic mass is 10.2. The van der Waals surface area contributed by atoms with Crippen LogP contribution < -0.4 is 5.32 Å². The molecule has 0 bridgehead atoms. The lowest BCUT2D eigenvalue weighted by Gasteiger charge is -2.15. The molecule has 2 heterocycles. The van der Waals surface area contributed by atoms with Crippen molar-refractivity contribution in [3.8, 4) is 0 Å². The van der Waals surface area contributed by atoms with E-state index in [4.69, 9.17) is 5.11 Å². The molecule has 8 nitrogen and oxygen atoms in total. The van der Waals surface area contributed by atoms with Gasteiger partial charge in [0.2, 0.25) is 10.0 Å². The molecule has 1 fully saturated rings. The van der Waals surface area contributed by atoms with Gasteiger partial charge < -0.3 is 10.4 Å². The first-order valence-corrected chi connectivity index (χ1v) is 9.89. The predicted octanol–water partition coefficient (Wildman–Crippen LogP) is 1.49. The van der Waals surface area contributed by atoms with Crippen molar-refractivity contribution in [1.82, 2.24) is 14.6 Å². The summed E-state index contributed by atoms with van der Waals surface area (Å²) in [5, 5.41) is 11.6. The van der Waals surface area contributed by atoms with Crippen molar-refractivity contribution in [3.63, 3.8) is 0 Å². The lowest BCUT2D eigenvalue weighted by molar-refractivity contribution is 0.0690. The van der Waals surface area contributed by atoms with Crippen LogP contribution in [0.15, 0.2) is 47.4 Å². The van der Waals surface area contributed by atoms with Crippen molar-refractivity contribution >= 4 is 21.9 Å². The third kappa shape index (κ3) is 4.32. The first kappa shape index (κ1) is 19.0. The average Bonchev–Trinajstić information content (AvgIpc) is 3.22. The summed E-state index contributed by atoms with van der Waals surface area (Å²) >= 11 is 0. The number of pyridine rings is 1. The molecule has 27 heavy (non-hydrogen) atoms. The quantitative estimate of drug-likeness (QED) is 0.773. The zero-order valence-electron chi connectivity index (χ0n) is 14.5. The number of carbonyl (C=O) groups excluding carboxylic acids is 1. The molecular weight excluding hydrogens is 370 g/mol. The third-order valence-electron chi connectivity index (χ3n) is 4.28. The van der Waals surface area contributed by atoms with E-state index < -0.39 is 21.9 Å². The molecule has 1 amide bonds. The Kier molecular flexibility index (Phi) is 5.52. The van der Waals surface area contributed by atoms with Crippen molar-refractivity contribution in [1.29, 1.82) is 0 Å². The zero-order valence-corrected chi connectivity index (χ0v) is 15.3. The van der Waals surface area contributed by atoms with Gasteiger partial charge in [0.1, 0.15) is 11.4 Å². The molecule has 1 aliphatic heterocycles. The molecule has 3 rings (SSSR count). The van der Waals surface area contributed by atoms with E-state index in [-0.39, 0.29) is 22.8 Å². The van der Waals surface area contributed by atoms with E-state index in [0.29, 0.717) is 13.1 Å². The highest BCUT2D eigenvalue weighted by atomic mass is 32.2. The Morgan fingerprint density at radius 3 is 2.30 bits per heavy atom. The van der Waals surface area contributed by atoms with Gasteiger partial charge in [-0.2, -0.15) is 4.31 Å². The van der Waals surface area contributed by atoms with Gasteiger partial charge in [-0.15, -0.1) is 0 Å². The van der Waals surface area contributed by atoms with Gasteiger partial charge in [-0.3, -0.25) is 4.79 Å². The number of rotatable bonds is 6. The predicted molar refractivity (Wildman–Crippen MR) is 96.8 cm³/mol. The molecule has 142 valence electrons. The van der Waals surface area contributed by atoms with E-state index in [0.717, 1.165) is 18.4 Å². The number of carbonyl (C=O) groups is 2. The molecule has 0 saturated carbocycles.